The smallest absolute Gasteiger partial charge is 0.0420 e. The van der Waals surface area contributed by atoms with E-state index in [-0.39, 0.29) is 0 Å². The largest absolute Gasteiger partial charge is 0.271 e. The van der Waals surface area contributed by atoms with Crippen LogP contribution >= 0.6 is 0 Å². The summed E-state index contributed by atoms with van der Waals surface area (Å²) in [6.45, 7) is 4.51. The maximum atomic E-state index is 5.76. The second-order valence-corrected chi connectivity index (χ2v) is 5.80. The summed E-state index contributed by atoms with van der Waals surface area (Å²) in [5.74, 6) is 5.76. The van der Waals surface area contributed by atoms with Crippen molar-refractivity contribution in [3.63, 3.8) is 0 Å². The average Bonchev–Trinajstić information content (AvgIpc) is 2.84. The molecule has 3 N–H and O–H groups in total. The van der Waals surface area contributed by atoms with Gasteiger partial charge in [-0.05, 0) is 36.3 Å². The van der Waals surface area contributed by atoms with Gasteiger partial charge in [0.25, 0.3) is 0 Å². The number of nitrogens with one attached hydrogen (secondary N) is 1. The van der Waals surface area contributed by atoms with E-state index in [0.29, 0.717) is 11.5 Å². The van der Waals surface area contributed by atoms with Gasteiger partial charge in [0, 0.05) is 24.4 Å². The Kier molecular flexibility index (Phi) is 4.36. The van der Waals surface area contributed by atoms with Crippen molar-refractivity contribution in [2.45, 2.75) is 58.4 Å². The van der Waals surface area contributed by atoms with Crippen LogP contribution in [0.3, 0.4) is 0 Å². The van der Waals surface area contributed by atoms with Crippen molar-refractivity contribution in [1.29, 1.82) is 0 Å². The third-order valence-electron chi connectivity index (χ3n) is 4.50. The molecule has 0 amide bonds. The van der Waals surface area contributed by atoms with Crippen molar-refractivity contribution in [1.82, 2.24) is 10.4 Å². The molecular formula is C15H25N3. The SMILES string of the molecule is CCc1ccc(CC(NN)C2(C)CCCC2)nc1. The molecular weight excluding hydrogens is 222 g/mol. The Bertz CT molecular complexity index is 366. The van der Waals surface area contributed by atoms with E-state index < -0.39 is 0 Å². The molecule has 2 rings (SSSR count). The molecule has 0 radical (unpaired) electrons. The summed E-state index contributed by atoms with van der Waals surface area (Å²) in [5.41, 5.74) is 5.79. The van der Waals surface area contributed by atoms with Crippen LogP contribution in [0.25, 0.3) is 0 Å². The third kappa shape index (κ3) is 2.90. The van der Waals surface area contributed by atoms with Crippen LogP contribution in [0.1, 0.15) is 50.8 Å². The van der Waals surface area contributed by atoms with Crippen LogP contribution in [0.4, 0.5) is 0 Å². The molecule has 1 saturated carbocycles. The number of rotatable bonds is 5. The lowest BCUT2D eigenvalue weighted by Gasteiger charge is -2.33. The minimum absolute atomic E-state index is 0.333. The molecule has 100 valence electrons. The first-order valence-corrected chi connectivity index (χ1v) is 7.08. The number of nitrogens with two attached hydrogens (primary N) is 1. The number of nitrogens with zero attached hydrogens (tertiary/aromatic N) is 1. The predicted molar refractivity (Wildman–Crippen MR) is 75.0 cm³/mol. The Morgan fingerprint density at radius 3 is 2.61 bits per heavy atom. The van der Waals surface area contributed by atoms with Gasteiger partial charge < -0.3 is 0 Å². The minimum atomic E-state index is 0.333. The van der Waals surface area contributed by atoms with Crippen LogP contribution in [-0.4, -0.2) is 11.0 Å². The summed E-state index contributed by atoms with van der Waals surface area (Å²) >= 11 is 0. The Hall–Kier alpha value is -0.930. The van der Waals surface area contributed by atoms with E-state index in [1.807, 2.05) is 6.20 Å². The summed E-state index contributed by atoms with van der Waals surface area (Å²) < 4.78 is 0. The van der Waals surface area contributed by atoms with Gasteiger partial charge in [-0.3, -0.25) is 16.3 Å². The first-order valence-electron chi connectivity index (χ1n) is 7.08. The number of hydrogen-bond donors (Lipinski definition) is 2. The molecule has 1 atom stereocenters. The van der Waals surface area contributed by atoms with Crippen molar-refractivity contribution >= 4 is 0 Å². The number of aryl methyl sites for hydroxylation is 1. The Balaban J connectivity index is 2.05. The zero-order valence-electron chi connectivity index (χ0n) is 11.6. The molecule has 0 bridgehead atoms. The Morgan fingerprint density at radius 1 is 1.39 bits per heavy atom. The van der Waals surface area contributed by atoms with Crippen molar-refractivity contribution in [3.8, 4) is 0 Å². The predicted octanol–water partition coefficient (Wildman–Crippen LogP) is 2.60. The molecule has 0 spiro atoms. The van der Waals surface area contributed by atoms with Gasteiger partial charge in [-0.2, -0.15) is 0 Å². The molecule has 0 aliphatic heterocycles. The third-order valence-corrected chi connectivity index (χ3v) is 4.50. The van der Waals surface area contributed by atoms with Crippen molar-refractivity contribution in [3.05, 3.63) is 29.6 Å². The second kappa shape index (κ2) is 5.81. The van der Waals surface area contributed by atoms with Crippen LogP contribution in [0.5, 0.6) is 0 Å². The van der Waals surface area contributed by atoms with Gasteiger partial charge >= 0.3 is 0 Å². The van der Waals surface area contributed by atoms with E-state index in [0.717, 1.165) is 18.5 Å². The van der Waals surface area contributed by atoms with E-state index in [9.17, 15) is 0 Å². The molecule has 0 aromatic carbocycles. The van der Waals surface area contributed by atoms with Gasteiger partial charge in [0.05, 0.1) is 0 Å². The molecule has 1 aromatic heterocycles. The molecule has 1 unspecified atom stereocenters. The maximum absolute atomic E-state index is 5.76. The maximum Gasteiger partial charge on any atom is 0.0420 e. The van der Waals surface area contributed by atoms with Crippen molar-refractivity contribution < 1.29 is 0 Å². The number of aromatic nitrogens is 1. The van der Waals surface area contributed by atoms with Crippen molar-refractivity contribution in [2.75, 3.05) is 0 Å². The Morgan fingerprint density at radius 2 is 2.11 bits per heavy atom. The molecule has 1 aliphatic rings. The average molecular weight is 247 g/mol. The molecule has 18 heavy (non-hydrogen) atoms. The first-order chi connectivity index (χ1) is 8.68. The summed E-state index contributed by atoms with van der Waals surface area (Å²) in [5, 5.41) is 0. The van der Waals surface area contributed by atoms with E-state index >= 15 is 0 Å². The van der Waals surface area contributed by atoms with Crippen LogP contribution in [0.2, 0.25) is 0 Å². The van der Waals surface area contributed by atoms with Crippen LogP contribution in [-0.2, 0) is 12.8 Å². The van der Waals surface area contributed by atoms with Crippen molar-refractivity contribution in [2.24, 2.45) is 11.3 Å². The zero-order valence-corrected chi connectivity index (χ0v) is 11.6. The second-order valence-electron chi connectivity index (χ2n) is 5.80. The van der Waals surface area contributed by atoms with Gasteiger partial charge in [0.2, 0.25) is 0 Å². The highest BCUT2D eigenvalue weighted by atomic mass is 15.2. The van der Waals surface area contributed by atoms with E-state index in [1.54, 1.807) is 0 Å². The van der Waals surface area contributed by atoms with Gasteiger partial charge in [-0.25, -0.2) is 0 Å². The summed E-state index contributed by atoms with van der Waals surface area (Å²) in [4.78, 5) is 4.54. The summed E-state index contributed by atoms with van der Waals surface area (Å²) in [7, 11) is 0. The van der Waals surface area contributed by atoms with Crippen LogP contribution in [0, 0.1) is 5.41 Å². The monoisotopic (exact) mass is 247 g/mol. The lowest BCUT2D eigenvalue weighted by Crippen LogP contribution is -2.47. The van der Waals surface area contributed by atoms with E-state index in [4.69, 9.17) is 5.84 Å². The molecule has 1 heterocycles. The fourth-order valence-electron chi connectivity index (χ4n) is 3.03. The molecule has 3 nitrogen and oxygen atoms in total. The number of hydrogen-bond acceptors (Lipinski definition) is 3. The normalized spacial score (nSPS) is 19.9. The molecule has 1 aromatic rings. The van der Waals surface area contributed by atoms with E-state index in [2.05, 4.69) is 36.4 Å². The summed E-state index contributed by atoms with van der Waals surface area (Å²) in [6.07, 6.45) is 9.16. The molecule has 1 fully saturated rings. The van der Waals surface area contributed by atoms with E-state index in [1.165, 1.54) is 31.2 Å². The van der Waals surface area contributed by atoms with Gasteiger partial charge in [0.15, 0.2) is 0 Å². The number of pyridine rings is 1. The molecule has 1 aliphatic carbocycles. The van der Waals surface area contributed by atoms with Gasteiger partial charge in [0.1, 0.15) is 0 Å². The number of hydrazine groups is 1. The fraction of sp³-hybridized carbons (Fsp3) is 0.667. The lowest BCUT2D eigenvalue weighted by atomic mass is 9.79. The minimum Gasteiger partial charge on any atom is -0.271 e. The Labute approximate surface area is 110 Å². The highest BCUT2D eigenvalue weighted by Gasteiger charge is 2.36. The fourth-order valence-corrected chi connectivity index (χ4v) is 3.03. The van der Waals surface area contributed by atoms with Gasteiger partial charge in [-0.15, -0.1) is 0 Å². The molecule has 3 heteroatoms. The highest BCUT2D eigenvalue weighted by molar-refractivity contribution is 5.15. The topological polar surface area (TPSA) is 50.9 Å². The highest BCUT2D eigenvalue weighted by Crippen LogP contribution is 2.41. The van der Waals surface area contributed by atoms with Gasteiger partial charge in [-0.1, -0.05) is 32.8 Å². The quantitative estimate of drug-likeness (QED) is 0.621. The van der Waals surface area contributed by atoms with Crippen LogP contribution in [0.15, 0.2) is 18.3 Å². The first kappa shape index (κ1) is 13.5. The standard InChI is InChI=1S/C15H25N3/c1-3-12-6-7-13(17-11-12)10-14(18-16)15(2)8-4-5-9-15/h6-7,11,14,18H,3-5,8-10,16H2,1-2H3. The summed E-state index contributed by atoms with van der Waals surface area (Å²) in [6, 6.07) is 4.65. The van der Waals surface area contributed by atoms with Crippen LogP contribution < -0.4 is 11.3 Å². The lowest BCUT2D eigenvalue weighted by molar-refractivity contribution is 0.219. The zero-order chi connectivity index (χ0) is 13.0. The molecule has 0 saturated heterocycles.